The number of piperazine rings is 1. The van der Waals surface area contributed by atoms with E-state index in [4.69, 9.17) is 0 Å². The van der Waals surface area contributed by atoms with Crippen LogP contribution in [-0.2, 0) is 11.3 Å². The Kier molecular flexibility index (Phi) is 5.63. The lowest BCUT2D eigenvalue weighted by atomic mass is 10.2. The first-order valence-corrected chi connectivity index (χ1v) is 8.81. The number of hydrogen-bond donors (Lipinski definition) is 1. The summed E-state index contributed by atoms with van der Waals surface area (Å²) >= 11 is 0. The molecular formula is C19H22FN5O2. The van der Waals surface area contributed by atoms with Crippen molar-refractivity contribution in [3.05, 3.63) is 53.1 Å². The van der Waals surface area contributed by atoms with Crippen LogP contribution in [-0.4, -0.2) is 52.9 Å². The number of benzene rings is 1. The van der Waals surface area contributed by atoms with Gasteiger partial charge in [0.15, 0.2) is 0 Å². The lowest BCUT2D eigenvalue weighted by Gasteiger charge is -2.34. The molecule has 1 N–H and O–H groups in total. The van der Waals surface area contributed by atoms with Gasteiger partial charge in [-0.15, -0.1) is 0 Å². The molecule has 0 radical (unpaired) electrons. The van der Waals surface area contributed by atoms with Gasteiger partial charge in [-0.2, -0.15) is 0 Å². The summed E-state index contributed by atoms with van der Waals surface area (Å²) in [6, 6.07) is 7.60. The summed E-state index contributed by atoms with van der Waals surface area (Å²) in [4.78, 5) is 36.5. The number of amides is 2. The van der Waals surface area contributed by atoms with Gasteiger partial charge in [-0.05, 0) is 30.7 Å². The van der Waals surface area contributed by atoms with Crippen LogP contribution in [0.2, 0.25) is 0 Å². The van der Waals surface area contributed by atoms with Crippen LogP contribution in [0.5, 0.6) is 0 Å². The number of rotatable bonds is 4. The monoisotopic (exact) mass is 371 g/mol. The van der Waals surface area contributed by atoms with Crippen LogP contribution >= 0.6 is 0 Å². The minimum absolute atomic E-state index is 0.0562. The van der Waals surface area contributed by atoms with E-state index in [2.05, 4.69) is 15.3 Å². The lowest BCUT2D eigenvalue weighted by molar-refractivity contribution is -0.129. The van der Waals surface area contributed by atoms with Crippen LogP contribution in [0.4, 0.5) is 10.3 Å². The third kappa shape index (κ3) is 4.78. The Labute approximate surface area is 157 Å². The molecule has 8 heteroatoms. The highest BCUT2D eigenvalue weighted by molar-refractivity contribution is 5.92. The molecule has 2 aromatic rings. The number of anilines is 1. The number of halogens is 1. The molecule has 1 aromatic carbocycles. The number of carbonyl (C=O) groups excluding carboxylic acids is 2. The SMILES string of the molecule is CC(=O)N1CCN(c2nc(C)cc(C(=O)NCc3ccc(F)cc3)n2)CC1. The van der Waals surface area contributed by atoms with E-state index in [0.717, 1.165) is 5.56 Å². The highest BCUT2D eigenvalue weighted by Gasteiger charge is 2.21. The number of carbonyl (C=O) groups is 2. The second-order valence-electron chi connectivity index (χ2n) is 6.50. The molecule has 2 amide bonds. The Morgan fingerprint density at radius 3 is 2.41 bits per heavy atom. The molecule has 2 heterocycles. The number of nitrogens with zero attached hydrogens (tertiary/aromatic N) is 4. The van der Waals surface area contributed by atoms with E-state index in [9.17, 15) is 14.0 Å². The standard InChI is InChI=1S/C19H22FN5O2/c1-13-11-17(18(27)21-12-15-3-5-16(20)6-4-15)23-19(22-13)25-9-7-24(8-10-25)14(2)26/h3-6,11H,7-10,12H2,1-2H3,(H,21,27). The molecule has 0 atom stereocenters. The largest absolute Gasteiger partial charge is 0.347 e. The van der Waals surface area contributed by atoms with E-state index in [-0.39, 0.29) is 29.9 Å². The highest BCUT2D eigenvalue weighted by Crippen LogP contribution is 2.14. The third-order valence-electron chi connectivity index (χ3n) is 4.45. The van der Waals surface area contributed by atoms with Crippen LogP contribution in [0, 0.1) is 12.7 Å². The van der Waals surface area contributed by atoms with Gasteiger partial charge in [-0.1, -0.05) is 12.1 Å². The Balaban J connectivity index is 1.66. The summed E-state index contributed by atoms with van der Waals surface area (Å²) in [6.45, 7) is 6.13. The molecule has 3 rings (SSSR count). The normalized spacial score (nSPS) is 14.2. The smallest absolute Gasteiger partial charge is 0.270 e. The zero-order chi connectivity index (χ0) is 19.4. The average Bonchev–Trinajstić information content (AvgIpc) is 2.67. The molecule has 142 valence electrons. The van der Waals surface area contributed by atoms with Crippen molar-refractivity contribution >= 4 is 17.8 Å². The van der Waals surface area contributed by atoms with Gasteiger partial charge in [0, 0.05) is 45.3 Å². The van der Waals surface area contributed by atoms with Crippen molar-refractivity contribution in [2.45, 2.75) is 20.4 Å². The second-order valence-corrected chi connectivity index (χ2v) is 6.50. The van der Waals surface area contributed by atoms with Gasteiger partial charge in [0.05, 0.1) is 0 Å². The Bertz CT molecular complexity index is 832. The molecule has 1 saturated heterocycles. The third-order valence-corrected chi connectivity index (χ3v) is 4.45. The first-order chi connectivity index (χ1) is 12.9. The van der Waals surface area contributed by atoms with Crippen LogP contribution < -0.4 is 10.2 Å². The van der Waals surface area contributed by atoms with Gasteiger partial charge in [-0.25, -0.2) is 14.4 Å². The fraction of sp³-hybridized carbons (Fsp3) is 0.368. The second kappa shape index (κ2) is 8.11. The summed E-state index contributed by atoms with van der Waals surface area (Å²) in [6.07, 6.45) is 0. The Morgan fingerprint density at radius 2 is 1.78 bits per heavy atom. The van der Waals surface area contributed by atoms with E-state index in [1.807, 2.05) is 11.8 Å². The van der Waals surface area contributed by atoms with E-state index in [0.29, 0.717) is 37.8 Å². The zero-order valence-electron chi connectivity index (χ0n) is 15.4. The molecule has 1 fully saturated rings. The maximum absolute atomic E-state index is 13.0. The molecule has 0 saturated carbocycles. The molecular weight excluding hydrogens is 349 g/mol. The Hall–Kier alpha value is -3.03. The van der Waals surface area contributed by atoms with Crippen molar-refractivity contribution in [3.8, 4) is 0 Å². The van der Waals surface area contributed by atoms with Gasteiger partial charge in [-0.3, -0.25) is 9.59 Å². The predicted octanol–water partition coefficient (Wildman–Crippen LogP) is 1.52. The molecule has 27 heavy (non-hydrogen) atoms. The first-order valence-electron chi connectivity index (χ1n) is 8.81. The highest BCUT2D eigenvalue weighted by atomic mass is 19.1. The van der Waals surface area contributed by atoms with Gasteiger partial charge in [0.25, 0.3) is 5.91 Å². The first kappa shape index (κ1) is 18.8. The fourth-order valence-electron chi connectivity index (χ4n) is 2.91. The van der Waals surface area contributed by atoms with Crippen LogP contribution in [0.3, 0.4) is 0 Å². The average molecular weight is 371 g/mol. The van der Waals surface area contributed by atoms with Crippen molar-refractivity contribution in [2.75, 3.05) is 31.1 Å². The number of nitrogens with one attached hydrogen (secondary N) is 1. The molecule has 0 bridgehead atoms. The summed E-state index contributed by atoms with van der Waals surface area (Å²) in [5.41, 5.74) is 1.78. The van der Waals surface area contributed by atoms with Crippen LogP contribution in [0.25, 0.3) is 0 Å². The number of aryl methyl sites for hydroxylation is 1. The maximum atomic E-state index is 13.0. The molecule has 1 aliphatic rings. The van der Waals surface area contributed by atoms with Gasteiger partial charge in [0.1, 0.15) is 11.5 Å². The minimum atomic E-state index is -0.314. The van der Waals surface area contributed by atoms with Crippen molar-refractivity contribution in [1.82, 2.24) is 20.2 Å². The van der Waals surface area contributed by atoms with Crippen molar-refractivity contribution in [1.29, 1.82) is 0 Å². The van der Waals surface area contributed by atoms with Crippen LogP contribution in [0.15, 0.2) is 30.3 Å². The number of aromatic nitrogens is 2. The predicted molar refractivity (Wildman–Crippen MR) is 98.8 cm³/mol. The van der Waals surface area contributed by atoms with E-state index >= 15 is 0 Å². The van der Waals surface area contributed by atoms with Gasteiger partial charge < -0.3 is 15.1 Å². The number of hydrogen-bond acceptors (Lipinski definition) is 5. The van der Waals surface area contributed by atoms with E-state index in [1.165, 1.54) is 12.1 Å². The van der Waals surface area contributed by atoms with Crippen molar-refractivity contribution in [3.63, 3.8) is 0 Å². The molecule has 0 spiro atoms. The van der Waals surface area contributed by atoms with Crippen molar-refractivity contribution < 1.29 is 14.0 Å². The summed E-state index contributed by atoms with van der Waals surface area (Å²) in [5.74, 6) is -0.0785. The van der Waals surface area contributed by atoms with Crippen LogP contribution in [0.1, 0.15) is 28.7 Å². The lowest BCUT2D eigenvalue weighted by Crippen LogP contribution is -2.48. The summed E-state index contributed by atoms with van der Waals surface area (Å²) < 4.78 is 13.0. The van der Waals surface area contributed by atoms with Gasteiger partial charge >= 0.3 is 0 Å². The van der Waals surface area contributed by atoms with E-state index < -0.39 is 0 Å². The van der Waals surface area contributed by atoms with Crippen molar-refractivity contribution in [2.24, 2.45) is 0 Å². The zero-order valence-corrected chi connectivity index (χ0v) is 15.4. The topological polar surface area (TPSA) is 78.4 Å². The molecule has 0 aliphatic carbocycles. The molecule has 1 aromatic heterocycles. The molecule has 7 nitrogen and oxygen atoms in total. The summed E-state index contributed by atoms with van der Waals surface area (Å²) in [5, 5.41) is 2.79. The quantitative estimate of drug-likeness (QED) is 0.882. The minimum Gasteiger partial charge on any atom is -0.347 e. The maximum Gasteiger partial charge on any atom is 0.270 e. The van der Waals surface area contributed by atoms with Gasteiger partial charge in [0.2, 0.25) is 11.9 Å². The molecule has 1 aliphatic heterocycles. The fourth-order valence-corrected chi connectivity index (χ4v) is 2.91. The Morgan fingerprint density at radius 1 is 1.11 bits per heavy atom. The molecule has 0 unspecified atom stereocenters. The summed E-state index contributed by atoms with van der Waals surface area (Å²) in [7, 11) is 0. The van der Waals surface area contributed by atoms with E-state index in [1.54, 1.807) is 30.0 Å².